The predicted molar refractivity (Wildman–Crippen MR) is 75.7 cm³/mol. The first-order chi connectivity index (χ1) is 6.83. The van der Waals surface area contributed by atoms with Crippen molar-refractivity contribution in [1.29, 1.82) is 0 Å². The van der Waals surface area contributed by atoms with Gasteiger partial charge in [-0.1, -0.05) is 60.1 Å². The van der Waals surface area contributed by atoms with Gasteiger partial charge in [-0.3, -0.25) is 0 Å². The summed E-state index contributed by atoms with van der Waals surface area (Å²) in [6.45, 7) is 20.9. The minimum atomic E-state index is 0.313. The van der Waals surface area contributed by atoms with Crippen molar-refractivity contribution < 1.29 is 0 Å². The molecule has 0 aliphatic heterocycles. The quantitative estimate of drug-likeness (QED) is 0.527. The molecule has 0 saturated heterocycles. The van der Waals surface area contributed by atoms with Crippen LogP contribution in [-0.4, -0.2) is 0 Å². The molecule has 0 saturated carbocycles. The van der Waals surface area contributed by atoms with Crippen molar-refractivity contribution in [3.05, 3.63) is 11.6 Å². The van der Waals surface area contributed by atoms with Gasteiger partial charge in [0.15, 0.2) is 0 Å². The van der Waals surface area contributed by atoms with Crippen LogP contribution in [0.15, 0.2) is 11.6 Å². The molecule has 0 aliphatic rings. The minimum absolute atomic E-state index is 0.313. The summed E-state index contributed by atoms with van der Waals surface area (Å²) < 4.78 is 0. The molecule has 0 amide bonds. The fourth-order valence-electron chi connectivity index (χ4n) is 3.56. The van der Waals surface area contributed by atoms with Crippen LogP contribution >= 0.6 is 0 Å². The highest BCUT2D eigenvalue weighted by atomic mass is 14.4. The summed E-state index contributed by atoms with van der Waals surface area (Å²) in [6.07, 6.45) is 4.94. The van der Waals surface area contributed by atoms with E-state index in [-0.39, 0.29) is 0 Å². The van der Waals surface area contributed by atoms with Crippen LogP contribution in [0.1, 0.15) is 75.2 Å². The van der Waals surface area contributed by atoms with Crippen molar-refractivity contribution in [1.82, 2.24) is 0 Å². The van der Waals surface area contributed by atoms with Crippen molar-refractivity contribution in [2.24, 2.45) is 16.2 Å². The average molecular weight is 224 g/mol. The molecule has 0 spiro atoms. The lowest BCUT2D eigenvalue weighted by Crippen LogP contribution is -2.26. The van der Waals surface area contributed by atoms with Gasteiger partial charge in [0.05, 0.1) is 0 Å². The third-order valence-corrected chi connectivity index (χ3v) is 2.62. The van der Waals surface area contributed by atoms with Crippen molar-refractivity contribution in [2.75, 3.05) is 0 Å². The predicted octanol–water partition coefficient (Wildman–Crippen LogP) is 5.83. The second-order valence-corrected chi connectivity index (χ2v) is 8.29. The Kier molecular flexibility index (Phi) is 4.86. The fourth-order valence-corrected chi connectivity index (χ4v) is 3.56. The molecule has 16 heavy (non-hydrogen) atoms. The Morgan fingerprint density at radius 2 is 1.25 bits per heavy atom. The van der Waals surface area contributed by atoms with Gasteiger partial charge in [0.1, 0.15) is 0 Å². The van der Waals surface area contributed by atoms with Gasteiger partial charge in [-0.2, -0.15) is 0 Å². The van der Waals surface area contributed by atoms with Gasteiger partial charge in [-0.15, -0.1) is 0 Å². The van der Waals surface area contributed by atoms with Gasteiger partial charge in [0.2, 0.25) is 0 Å². The van der Waals surface area contributed by atoms with Crippen LogP contribution in [0.25, 0.3) is 0 Å². The van der Waals surface area contributed by atoms with Crippen LogP contribution in [0.3, 0.4) is 0 Å². The molecule has 0 N–H and O–H groups in total. The van der Waals surface area contributed by atoms with E-state index in [4.69, 9.17) is 0 Å². The maximum Gasteiger partial charge on any atom is -0.0167 e. The van der Waals surface area contributed by atoms with E-state index in [1.807, 2.05) is 0 Å². The van der Waals surface area contributed by atoms with Gasteiger partial charge < -0.3 is 0 Å². The maximum atomic E-state index is 2.41. The lowest BCUT2D eigenvalue weighted by molar-refractivity contribution is 0.155. The highest BCUT2D eigenvalue weighted by Gasteiger charge is 2.30. The second-order valence-electron chi connectivity index (χ2n) is 8.29. The van der Waals surface area contributed by atoms with Gasteiger partial charge in [-0.25, -0.2) is 0 Å². The van der Waals surface area contributed by atoms with E-state index in [0.29, 0.717) is 16.2 Å². The molecular formula is C16H32. The van der Waals surface area contributed by atoms with Crippen LogP contribution in [0, 0.1) is 16.2 Å². The zero-order chi connectivity index (χ0) is 13.2. The molecule has 0 unspecified atom stereocenters. The Hall–Kier alpha value is -0.260. The third kappa shape index (κ3) is 7.96. The fraction of sp³-hybridized carbons (Fsp3) is 0.875. The largest absolute Gasteiger partial charge is 0.0802 e. The lowest BCUT2D eigenvalue weighted by atomic mass is 9.68. The normalized spacial score (nSPS) is 13.8. The number of allylic oxidation sites excluding steroid dienone is 2. The monoisotopic (exact) mass is 224 g/mol. The molecule has 0 aromatic heterocycles. The summed E-state index contributed by atoms with van der Waals surface area (Å²) in [6, 6.07) is 0. The average Bonchev–Trinajstić information content (AvgIpc) is 1.69. The van der Waals surface area contributed by atoms with E-state index in [1.54, 1.807) is 0 Å². The Morgan fingerprint density at radius 3 is 1.56 bits per heavy atom. The topological polar surface area (TPSA) is 0 Å². The van der Waals surface area contributed by atoms with Crippen molar-refractivity contribution in [3.63, 3.8) is 0 Å². The molecule has 0 rings (SSSR count). The van der Waals surface area contributed by atoms with Crippen LogP contribution in [-0.2, 0) is 0 Å². The van der Waals surface area contributed by atoms with Crippen LogP contribution < -0.4 is 0 Å². The SMILES string of the molecule is CC(C)=CC(C)(C)CC(C)(C)CC(C)(C)C. The maximum absolute atomic E-state index is 2.41. The van der Waals surface area contributed by atoms with Gasteiger partial charge >= 0.3 is 0 Å². The molecule has 0 aromatic rings. The highest BCUT2D eigenvalue weighted by molar-refractivity contribution is 5.03. The van der Waals surface area contributed by atoms with E-state index >= 15 is 0 Å². The Balaban J connectivity index is 4.64. The Morgan fingerprint density at radius 1 is 0.812 bits per heavy atom. The first-order valence-electron chi connectivity index (χ1n) is 6.49. The number of hydrogen-bond acceptors (Lipinski definition) is 0. The van der Waals surface area contributed by atoms with Gasteiger partial charge in [-0.05, 0) is 42.9 Å². The van der Waals surface area contributed by atoms with E-state index < -0.39 is 0 Å². The summed E-state index contributed by atoms with van der Waals surface area (Å²) in [4.78, 5) is 0. The molecule has 0 aliphatic carbocycles. The molecule has 0 heterocycles. The standard InChI is InChI=1S/C16H32/c1-13(2)10-15(6,7)12-16(8,9)11-14(3,4)5/h10H,11-12H2,1-9H3. The molecule has 0 nitrogen and oxygen atoms in total. The first-order valence-corrected chi connectivity index (χ1v) is 6.49. The molecule has 0 atom stereocenters. The smallest absolute Gasteiger partial charge is 0.0167 e. The lowest BCUT2D eigenvalue weighted by Gasteiger charge is -2.38. The molecule has 0 radical (unpaired) electrons. The van der Waals surface area contributed by atoms with Crippen LogP contribution in [0.2, 0.25) is 0 Å². The first kappa shape index (κ1) is 15.7. The Bertz CT molecular complexity index is 242. The van der Waals surface area contributed by atoms with Gasteiger partial charge in [0.25, 0.3) is 0 Å². The van der Waals surface area contributed by atoms with Gasteiger partial charge in [0, 0.05) is 0 Å². The zero-order valence-corrected chi connectivity index (χ0v) is 13.0. The summed E-state index contributed by atoms with van der Waals surface area (Å²) >= 11 is 0. The van der Waals surface area contributed by atoms with Crippen LogP contribution in [0.4, 0.5) is 0 Å². The number of hydrogen-bond donors (Lipinski definition) is 0. The van der Waals surface area contributed by atoms with E-state index in [2.05, 4.69) is 68.4 Å². The zero-order valence-electron chi connectivity index (χ0n) is 13.0. The van der Waals surface area contributed by atoms with Crippen molar-refractivity contribution in [3.8, 4) is 0 Å². The van der Waals surface area contributed by atoms with E-state index in [1.165, 1.54) is 18.4 Å². The van der Waals surface area contributed by atoms with E-state index in [0.717, 1.165) is 0 Å². The van der Waals surface area contributed by atoms with E-state index in [9.17, 15) is 0 Å². The second kappa shape index (κ2) is 4.94. The summed E-state index contributed by atoms with van der Waals surface area (Å²) in [5, 5.41) is 0. The molecule has 0 fully saturated rings. The summed E-state index contributed by atoms with van der Waals surface area (Å²) in [7, 11) is 0. The summed E-state index contributed by atoms with van der Waals surface area (Å²) in [5.74, 6) is 0. The van der Waals surface area contributed by atoms with Crippen LogP contribution in [0.5, 0.6) is 0 Å². The highest BCUT2D eigenvalue weighted by Crippen LogP contribution is 2.42. The van der Waals surface area contributed by atoms with Crippen molar-refractivity contribution in [2.45, 2.75) is 75.2 Å². The minimum Gasteiger partial charge on any atom is -0.0802 e. The molecule has 96 valence electrons. The Labute approximate surface area is 104 Å². The number of rotatable bonds is 4. The van der Waals surface area contributed by atoms with Crippen molar-refractivity contribution >= 4 is 0 Å². The third-order valence-electron chi connectivity index (χ3n) is 2.62. The molecular weight excluding hydrogens is 192 g/mol. The molecule has 0 heteroatoms. The molecule has 0 aromatic carbocycles. The summed E-state index contributed by atoms with van der Waals surface area (Å²) in [5.41, 5.74) is 2.57. The molecule has 0 bridgehead atoms.